The van der Waals surface area contributed by atoms with Crippen molar-refractivity contribution in [3.05, 3.63) is 59.2 Å². The summed E-state index contributed by atoms with van der Waals surface area (Å²) in [6, 6.07) is 4.58. The molecular weight excluding hydrogens is 438 g/mol. The molecule has 2 unspecified atom stereocenters. The van der Waals surface area contributed by atoms with Gasteiger partial charge >= 0.3 is 0 Å². The molecule has 2 atom stereocenters. The Kier molecular flexibility index (Phi) is 8.36. The third-order valence-corrected chi connectivity index (χ3v) is 6.51. The molecule has 6 nitrogen and oxygen atoms in total. The lowest BCUT2D eigenvalue weighted by atomic mass is 9.78. The molecule has 3 rings (SSSR count). The Morgan fingerprint density at radius 2 is 1.74 bits per heavy atom. The summed E-state index contributed by atoms with van der Waals surface area (Å²) >= 11 is 0. The van der Waals surface area contributed by atoms with Crippen molar-refractivity contribution in [3.8, 4) is 0 Å². The molecule has 3 N–H and O–H groups in total. The summed E-state index contributed by atoms with van der Waals surface area (Å²) in [5.41, 5.74) is 1.70. The molecule has 1 fully saturated rings. The van der Waals surface area contributed by atoms with Crippen molar-refractivity contribution in [2.24, 2.45) is 0 Å². The number of nitrogens with one attached hydrogen (secondary N) is 2. The molecule has 1 aromatic heterocycles. The van der Waals surface area contributed by atoms with Gasteiger partial charge in [-0.3, -0.25) is 4.79 Å². The highest BCUT2D eigenvalue weighted by molar-refractivity contribution is 5.73. The molecule has 1 aromatic carbocycles. The van der Waals surface area contributed by atoms with E-state index < -0.39 is 29.3 Å². The first kappa shape index (κ1) is 26.2. The zero-order valence-electron chi connectivity index (χ0n) is 20.5. The van der Waals surface area contributed by atoms with Crippen LogP contribution < -0.4 is 10.6 Å². The SMILES string of the molecule is CC(=O)NC(Cc1cc(F)cc(F)c1)C(O)CNC1(c2cc(C(C)(C)C)ncn2)CCCCC1. The summed E-state index contributed by atoms with van der Waals surface area (Å²) in [6.07, 6.45) is 5.70. The molecule has 8 heteroatoms. The maximum atomic E-state index is 13.7. The van der Waals surface area contributed by atoms with Gasteiger partial charge in [-0.15, -0.1) is 0 Å². The lowest BCUT2D eigenvalue weighted by Crippen LogP contribution is -2.53. The monoisotopic (exact) mass is 474 g/mol. The third kappa shape index (κ3) is 6.79. The van der Waals surface area contributed by atoms with Crippen molar-refractivity contribution in [1.82, 2.24) is 20.6 Å². The second-order valence-corrected chi connectivity index (χ2v) is 10.4. The first-order chi connectivity index (χ1) is 16.0. The Bertz CT molecular complexity index is 967. The Morgan fingerprint density at radius 1 is 1.09 bits per heavy atom. The number of aliphatic hydroxyl groups is 1. The van der Waals surface area contributed by atoms with Crippen LogP contribution in [0.1, 0.15) is 76.8 Å². The smallest absolute Gasteiger partial charge is 0.217 e. The largest absolute Gasteiger partial charge is 0.390 e. The maximum absolute atomic E-state index is 13.7. The topological polar surface area (TPSA) is 87.1 Å². The third-order valence-electron chi connectivity index (χ3n) is 6.51. The van der Waals surface area contributed by atoms with E-state index in [1.165, 1.54) is 19.1 Å². The Hall–Kier alpha value is -2.45. The molecule has 34 heavy (non-hydrogen) atoms. The minimum absolute atomic E-state index is 0.103. The van der Waals surface area contributed by atoms with Crippen LogP contribution in [0.5, 0.6) is 0 Å². The highest BCUT2D eigenvalue weighted by atomic mass is 19.1. The van der Waals surface area contributed by atoms with Gasteiger partial charge in [0.15, 0.2) is 0 Å². The quantitative estimate of drug-likeness (QED) is 0.540. The number of amides is 1. The molecule has 0 radical (unpaired) electrons. The minimum atomic E-state index is -0.974. The molecule has 0 saturated heterocycles. The number of aromatic nitrogens is 2. The molecule has 0 aliphatic heterocycles. The van der Waals surface area contributed by atoms with Gasteiger partial charge in [-0.25, -0.2) is 18.7 Å². The first-order valence-electron chi connectivity index (χ1n) is 12.0. The van der Waals surface area contributed by atoms with Crippen molar-refractivity contribution >= 4 is 5.91 Å². The predicted octanol–water partition coefficient (Wildman–Crippen LogP) is 3.91. The van der Waals surface area contributed by atoms with Crippen LogP contribution in [-0.2, 0) is 22.2 Å². The Morgan fingerprint density at radius 3 is 2.32 bits per heavy atom. The van der Waals surface area contributed by atoms with Crippen LogP contribution in [0.3, 0.4) is 0 Å². The van der Waals surface area contributed by atoms with Crippen molar-refractivity contribution in [3.63, 3.8) is 0 Å². The van der Waals surface area contributed by atoms with Gasteiger partial charge in [0.1, 0.15) is 18.0 Å². The second-order valence-electron chi connectivity index (χ2n) is 10.4. The van der Waals surface area contributed by atoms with E-state index >= 15 is 0 Å². The standard InChI is InChI=1S/C26H36F2N4O2/c1-17(33)32-21(12-18-10-19(27)13-20(28)11-18)22(34)15-31-26(8-6-5-7-9-26)24-14-23(25(2,3)4)29-16-30-24/h10-11,13-14,16,21-22,31,34H,5-9,12,15H2,1-4H3,(H,32,33). The predicted molar refractivity (Wildman–Crippen MR) is 127 cm³/mol. The zero-order valence-corrected chi connectivity index (χ0v) is 20.5. The highest BCUT2D eigenvalue weighted by Gasteiger charge is 2.37. The number of benzene rings is 1. The summed E-state index contributed by atoms with van der Waals surface area (Å²) < 4.78 is 27.3. The lowest BCUT2D eigenvalue weighted by molar-refractivity contribution is -0.120. The van der Waals surface area contributed by atoms with E-state index in [1.54, 1.807) is 6.33 Å². The van der Waals surface area contributed by atoms with E-state index in [-0.39, 0.29) is 24.3 Å². The van der Waals surface area contributed by atoms with Gasteiger partial charge in [0.2, 0.25) is 5.91 Å². The van der Waals surface area contributed by atoms with E-state index in [0.717, 1.165) is 49.6 Å². The zero-order chi connectivity index (χ0) is 24.9. The van der Waals surface area contributed by atoms with Gasteiger partial charge in [0, 0.05) is 30.6 Å². The van der Waals surface area contributed by atoms with Crippen LogP contribution in [0.4, 0.5) is 8.78 Å². The van der Waals surface area contributed by atoms with Gasteiger partial charge in [-0.1, -0.05) is 40.0 Å². The van der Waals surface area contributed by atoms with Crippen LogP contribution >= 0.6 is 0 Å². The number of nitrogens with zero attached hydrogens (tertiary/aromatic N) is 2. The molecule has 1 heterocycles. The van der Waals surface area contributed by atoms with Crippen LogP contribution in [0.15, 0.2) is 30.6 Å². The summed E-state index contributed by atoms with van der Waals surface area (Å²) in [5, 5.41) is 17.3. The average molecular weight is 475 g/mol. The summed E-state index contributed by atoms with van der Waals surface area (Å²) in [7, 11) is 0. The molecule has 0 spiro atoms. The second kappa shape index (κ2) is 10.9. The molecular formula is C26H36F2N4O2. The number of hydrogen-bond donors (Lipinski definition) is 3. The van der Waals surface area contributed by atoms with Crippen molar-refractivity contribution < 1.29 is 18.7 Å². The molecule has 2 aromatic rings. The number of aliphatic hydroxyl groups excluding tert-OH is 1. The van der Waals surface area contributed by atoms with Crippen LogP contribution in [-0.4, -0.2) is 39.7 Å². The van der Waals surface area contributed by atoms with E-state index in [1.807, 2.05) is 6.07 Å². The Labute approximate surface area is 200 Å². The van der Waals surface area contributed by atoms with E-state index in [4.69, 9.17) is 0 Å². The molecule has 1 amide bonds. The van der Waals surface area contributed by atoms with Crippen molar-refractivity contribution in [2.45, 2.75) is 89.3 Å². The number of hydrogen-bond acceptors (Lipinski definition) is 5. The summed E-state index contributed by atoms with van der Waals surface area (Å²) in [5.74, 6) is -1.70. The van der Waals surface area contributed by atoms with E-state index in [2.05, 4.69) is 41.4 Å². The highest BCUT2D eigenvalue weighted by Crippen LogP contribution is 2.37. The number of halogens is 2. The Balaban J connectivity index is 1.80. The summed E-state index contributed by atoms with van der Waals surface area (Å²) in [6.45, 7) is 7.87. The number of carbonyl (C=O) groups excluding carboxylic acids is 1. The normalized spacial score (nSPS) is 17.7. The van der Waals surface area contributed by atoms with Crippen LogP contribution in [0.25, 0.3) is 0 Å². The van der Waals surface area contributed by atoms with Gasteiger partial charge in [0.05, 0.1) is 23.4 Å². The van der Waals surface area contributed by atoms with Gasteiger partial charge < -0.3 is 15.7 Å². The molecule has 1 aliphatic carbocycles. The van der Waals surface area contributed by atoms with Crippen LogP contribution in [0.2, 0.25) is 0 Å². The minimum Gasteiger partial charge on any atom is -0.390 e. The number of rotatable bonds is 8. The van der Waals surface area contributed by atoms with Gasteiger partial charge in [-0.05, 0) is 43.0 Å². The summed E-state index contributed by atoms with van der Waals surface area (Å²) in [4.78, 5) is 20.9. The van der Waals surface area contributed by atoms with E-state index in [0.29, 0.717) is 5.56 Å². The fraction of sp³-hybridized carbons (Fsp3) is 0.577. The number of carbonyl (C=O) groups is 1. The van der Waals surface area contributed by atoms with Gasteiger partial charge in [-0.2, -0.15) is 0 Å². The average Bonchev–Trinajstić information content (AvgIpc) is 2.76. The van der Waals surface area contributed by atoms with Crippen molar-refractivity contribution in [1.29, 1.82) is 0 Å². The lowest BCUT2D eigenvalue weighted by Gasteiger charge is -2.39. The molecule has 0 bridgehead atoms. The fourth-order valence-electron chi connectivity index (χ4n) is 4.68. The molecule has 1 aliphatic rings. The fourth-order valence-corrected chi connectivity index (χ4v) is 4.68. The van der Waals surface area contributed by atoms with Crippen molar-refractivity contribution in [2.75, 3.05) is 6.54 Å². The first-order valence-corrected chi connectivity index (χ1v) is 12.0. The van der Waals surface area contributed by atoms with Gasteiger partial charge in [0.25, 0.3) is 0 Å². The van der Waals surface area contributed by atoms with Crippen LogP contribution in [0, 0.1) is 11.6 Å². The maximum Gasteiger partial charge on any atom is 0.217 e. The molecule has 1 saturated carbocycles. The molecule has 186 valence electrons. The van der Waals surface area contributed by atoms with E-state index in [9.17, 15) is 18.7 Å².